The fourth-order valence-electron chi connectivity index (χ4n) is 12.5. The van der Waals surface area contributed by atoms with Crippen molar-refractivity contribution in [3.05, 3.63) is 59.4 Å². The third-order valence-corrected chi connectivity index (χ3v) is 13.3. The van der Waals surface area contributed by atoms with Gasteiger partial charge in [0, 0.05) is 22.0 Å². The summed E-state index contributed by atoms with van der Waals surface area (Å²) in [5.74, 6) is 9.24. The van der Waals surface area contributed by atoms with Crippen LogP contribution in [0.15, 0.2) is 48.3 Å². The maximum Gasteiger partial charge on any atom is 0.164 e. The van der Waals surface area contributed by atoms with E-state index in [0.717, 1.165) is 58.5 Å². The van der Waals surface area contributed by atoms with Crippen molar-refractivity contribution in [1.29, 1.82) is 0 Å². The number of benzene rings is 2. The van der Waals surface area contributed by atoms with Gasteiger partial charge in [-0.3, -0.25) is 0 Å². The van der Waals surface area contributed by atoms with E-state index < -0.39 is 0 Å². The Hall–Kier alpha value is -2.70. The van der Waals surface area contributed by atoms with E-state index in [4.69, 9.17) is 28.4 Å². The van der Waals surface area contributed by atoms with Gasteiger partial charge in [-0.25, -0.2) is 0 Å². The van der Waals surface area contributed by atoms with E-state index in [1.54, 1.807) is 12.5 Å². The smallest absolute Gasteiger partial charge is 0.164 e. The second-order valence-electron chi connectivity index (χ2n) is 16.6. The molecule has 0 amide bonds. The lowest BCUT2D eigenvalue weighted by atomic mass is 9.46. The van der Waals surface area contributed by atoms with Crippen LogP contribution in [0.4, 0.5) is 0 Å². The van der Waals surface area contributed by atoms with E-state index >= 15 is 0 Å². The van der Waals surface area contributed by atoms with E-state index in [1.807, 2.05) is 0 Å². The molecule has 244 valence electrons. The fraction of sp³-hybridized carbons (Fsp3) is 0.650. The molecule has 12 rings (SSSR count). The number of rotatable bonds is 14. The van der Waals surface area contributed by atoms with Crippen LogP contribution in [0.25, 0.3) is 10.8 Å². The summed E-state index contributed by atoms with van der Waals surface area (Å²) in [4.78, 5) is 0. The summed E-state index contributed by atoms with van der Waals surface area (Å²) in [7, 11) is 0. The number of hydrogen-bond donors (Lipinski definition) is 0. The Labute approximate surface area is 272 Å². The minimum atomic E-state index is 0.214. The van der Waals surface area contributed by atoms with Crippen LogP contribution >= 0.6 is 0 Å². The van der Waals surface area contributed by atoms with Crippen molar-refractivity contribution < 1.29 is 28.4 Å². The number of hydrogen-bond acceptors (Lipinski definition) is 6. The predicted octanol–water partition coefficient (Wildman–Crippen LogP) is 8.31. The molecule has 46 heavy (non-hydrogen) atoms. The summed E-state index contributed by atoms with van der Waals surface area (Å²) < 4.78 is 35.4. The van der Waals surface area contributed by atoms with Crippen molar-refractivity contribution in [2.24, 2.45) is 35.5 Å². The summed E-state index contributed by atoms with van der Waals surface area (Å²) in [6.07, 6.45) is 20.0. The molecule has 2 aliphatic heterocycles. The zero-order chi connectivity index (χ0) is 30.3. The molecule has 2 aromatic carbocycles. The number of fused-ring (bicyclic) bond motifs is 1. The highest BCUT2D eigenvalue weighted by Gasteiger charge is 2.55. The van der Waals surface area contributed by atoms with Gasteiger partial charge in [-0.2, -0.15) is 0 Å². The molecule has 0 aromatic heterocycles. The summed E-state index contributed by atoms with van der Waals surface area (Å²) >= 11 is 0. The lowest BCUT2D eigenvalue weighted by Crippen LogP contribution is -2.49. The molecule has 0 unspecified atom stereocenters. The lowest BCUT2D eigenvalue weighted by molar-refractivity contribution is -0.00674. The summed E-state index contributed by atoms with van der Waals surface area (Å²) in [5, 5.41) is 2.87. The first-order valence-electron chi connectivity index (χ1n) is 18.3. The molecule has 8 fully saturated rings. The van der Waals surface area contributed by atoms with Crippen LogP contribution in [0.2, 0.25) is 0 Å². The molecule has 0 spiro atoms. The van der Waals surface area contributed by atoms with Crippen LogP contribution in [-0.2, 0) is 29.8 Å². The van der Waals surface area contributed by atoms with Gasteiger partial charge in [0.1, 0.15) is 50.5 Å². The summed E-state index contributed by atoms with van der Waals surface area (Å²) in [6.45, 7) is 3.32. The van der Waals surface area contributed by atoms with Gasteiger partial charge in [-0.05, 0) is 135 Å². The van der Waals surface area contributed by atoms with Crippen molar-refractivity contribution in [1.82, 2.24) is 0 Å². The molecule has 10 aliphatic rings. The minimum absolute atomic E-state index is 0.214. The zero-order valence-corrected chi connectivity index (χ0v) is 27.1. The molecule has 0 radical (unpaired) electrons. The van der Waals surface area contributed by atoms with Gasteiger partial charge >= 0.3 is 0 Å². The van der Waals surface area contributed by atoms with Gasteiger partial charge in [0.25, 0.3) is 0 Å². The molecule has 6 heteroatoms. The molecule has 0 N–H and O–H groups in total. The van der Waals surface area contributed by atoms with Crippen molar-refractivity contribution in [2.45, 2.75) is 87.9 Å². The van der Waals surface area contributed by atoms with Crippen LogP contribution in [0.5, 0.6) is 11.5 Å². The van der Waals surface area contributed by atoms with Gasteiger partial charge in [0.15, 0.2) is 11.5 Å². The van der Waals surface area contributed by atoms with E-state index in [2.05, 4.69) is 24.3 Å². The van der Waals surface area contributed by atoms with Crippen LogP contribution in [-0.4, -0.2) is 39.6 Å². The van der Waals surface area contributed by atoms with Gasteiger partial charge in [-0.15, -0.1) is 0 Å². The van der Waals surface area contributed by atoms with E-state index in [9.17, 15) is 0 Å². The first-order chi connectivity index (χ1) is 22.6. The highest BCUT2D eigenvalue weighted by atomic mass is 16.6. The Bertz CT molecular complexity index is 1400. The Morgan fingerprint density at radius 1 is 0.500 bits per heavy atom. The standard InChI is InChI=1S/C40H48O6/c1-3-35(43-7-5-41-21-31-23-45-31)38(40-18-28-12-29(19-40)14-30(13-28)20-40)34-2-4-36(44-8-6-42-22-32-24-46-32)37(33(1)34)39-15-25-9-26(16-39)11-27(10-25)17-39/h1-4,23-30H,5-22H2. The molecule has 2 heterocycles. The Kier molecular flexibility index (Phi) is 6.72. The molecule has 8 saturated carbocycles. The predicted molar refractivity (Wildman–Crippen MR) is 175 cm³/mol. The van der Waals surface area contributed by atoms with Crippen LogP contribution in [0.1, 0.15) is 88.2 Å². The molecule has 2 aromatic rings. The van der Waals surface area contributed by atoms with Crippen molar-refractivity contribution in [3.63, 3.8) is 0 Å². The molecule has 0 atom stereocenters. The van der Waals surface area contributed by atoms with Crippen LogP contribution < -0.4 is 9.47 Å². The quantitative estimate of drug-likeness (QED) is 0.197. The van der Waals surface area contributed by atoms with Gasteiger partial charge < -0.3 is 28.4 Å². The van der Waals surface area contributed by atoms with Crippen molar-refractivity contribution in [3.8, 4) is 11.5 Å². The largest absolute Gasteiger partial charge is 0.491 e. The summed E-state index contributed by atoms with van der Waals surface area (Å²) in [5.41, 5.74) is 3.45. The molecule has 0 saturated heterocycles. The van der Waals surface area contributed by atoms with Crippen LogP contribution in [0.3, 0.4) is 0 Å². The van der Waals surface area contributed by atoms with Crippen LogP contribution in [0, 0.1) is 35.5 Å². The Morgan fingerprint density at radius 3 is 1.17 bits per heavy atom. The third kappa shape index (κ3) is 5.05. The van der Waals surface area contributed by atoms with E-state index in [1.165, 1.54) is 98.9 Å². The second kappa shape index (κ2) is 10.9. The second-order valence-corrected chi connectivity index (χ2v) is 16.6. The Balaban J connectivity index is 1.05. The van der Waals surface area contributed by atoms with Gasteiger partial charge in [-0.1, -0.05) is 12.1 Å². The highest BCUT2D eigenvalue weighted by Crippen LogP contribution is 2.65. The van der Waals surface area contributed by atoms with Crippen molar-refractivity contribution in [2.75, 3.05) is 39.6 Å². The topological polar surface area (TPSA) is 62.0 Å². The van der Waals surface area contributed by atoms with Gasteiger partial charge in [0.2, 0.25) is 0 Å². The average Bonchev–Trinajstić information content (AvgIpc) is 3.95. The molecule has 8 aliphatic carbocycles. The van der Waals surface area contributed by atoms with Gasteiger partial charge in [0.05, 0.1) is 13.2 Å². The zero-order valence-electron chi connectivity index (χ0n) is 27.1. The first-order valence-corrected chi connectivity index (χ1v) is 18.3. The molecular weight excluding hydrogens is 576 g/mol. The number of ether oxygens (including phenoxy) is 6. The average molecular weight is 625 g/mol. The first kappa shape index (κ1) is 28.3. The molecular formula is C40H48O6. The fourth-order valence-corrected chi connectivity index (χ4v) is 12.5. The maximum absolute atomic E-state index is 6.72. The highest BCUT2D eigenvalue weighted by molar-refractivity contribution is 5.94. The van der Waals surface area contributed by atoms with E-state index in [-0.39, 0.29) is 10.8 Å². The monoisotopic (exact) mass is 624 g/mol. The van der Waals surface area contributed by atoms with E-state index in [0.29, 0.717) is 39.6 Å². The maximum atomic E-state index is 6.72. The normalized spacial score (nSPS) is 37.1. The summed E-state index contributed by atoms with van der Waals surface area (Å²) in [6, 6.07) is 9.49. The lowest BCUT2D eigenvalue weighted by Gasteiger charge is -2.58. The minimum Gasteiger partial charge on any atom is -0.491 e. The molecule has 8 bridgehead atoms. The SMILES string of the molecule is C1=C(COCCOc2ccc3c(C45CC6CC(CC(C6)C4)C5)c(OCCOCC4=CO4)ccc3c2C23CC4CC(CC(C4)C2)C3)O1. The molecule has 6 nitrogen and oxygen atoms in total. The van der Waals surface area contributed by atoms with Crippen molar-refractivity contribution >= 4 is 10.8 Å². The third-order valence-electron chi connectivity index (χ3n) is 13.3. The Morgan fingerprint density at radius 2 is 0.848 bits per heavy atom.